The first-order chi connectivity index (χ1) is 9.06. The minimum Gasteiger partial charge on any atom is -0.366 e. The summed E-state index contributed by atoms with van der Waals surface area (Å²) in [5.41, 5.74) is 5.50. The van der Waals surface area contributed by atoms with Crippen LogP contribution in [0.3, 0.4) is 0 Å². The lowest BCUT2D eigenvalue weighted by molar-refractivity contribution is 0.0995. The number of H-pyrrole nitrogens is 1. The zero-order valence-corrected chi connectivity index (χ0v) is 9.71. The average molecular weight is 258 g/mol. The van der Waals surface area contributed by atoms with Crippen molar-refractivity contribution >= 4 is 17.5 Å². The van der Waals surface area contributed by atoms with Crippen molar-refractivity contribution in [1.82, 2.24) is 10.2 Å². The van der Waals surface area contributed by atoms with Crippen LogP contribution in [0.5, 0.6) is 0 Å². The molecule has 7 nitrogen and oxygen atoms in total. The minimum absolute atomic E-state index is 0.0593. The van der Waals surface area contributed by atoms with Gasteiger partial charge in [-0.1, -0.05) is 6.07 Å². The molecule has 96 valence electrons. The third-order valence-electron chi connectivity index (χ3n) is 2.32. The van der Waals surface area contributed by atoms with Gasteiger partial charge in [0.05, 0.1) is 0 Å². The number of amides is 2. The number of hydrogen-bond donors (Lipinski definition) is 3. The molecule has 0 aliphatic carbocycles. The molecule has 0 aliphatic heterocycles. The van der Waals surface area contributed by atoms with Crippen LogP contribution in [0.15, 0.2) is 41.2 Å². The maximum Gasteiger partial charge on any atom is 0.276 e. The molecular weight excluding hydrogens is 248 g/mol. The number of nitrogens with two attached hydrogens (primary N) is 1. The standard InChI is InChI=1S/C12H10N4O3/c13-11(18)7-2-1-3-8(6-7)14-12(19)9-4-5-10(17)16-15-9/h1-6H,(H2,13,18)(H,14,19)(H,16,17). The Bertz CT molecular complexity index is 673. The smallest absolute Gasteiger partial charge is 0.276 e. The zero-order chi connectivity index (χ0) is 13.8. The van der Waals surface area contributed by atoms with Gasteiger partial charge in [0.25, 0.3) is 11.5 Å². The van der Waals surface area contributed by atoms with Crippen LogP contribution in [0.4, 0.5) is 5.69 Å². The van der Waals surface area contributed by atoms with Crippen molar-refractivity contribution in [3.05, 3.63) is 58.0 Å². The van der Waals surface area contributed by atoms with E-state index in [2.05, 4.69) is 15.5 Å². The Morgan fingerprint density at radius 1 is 1.21 bits per heavy atom. The first kappa shape index (κ1) is 12.5. The van der Waals surface area contributed by atoms with Gasteiger partial charge in [0.15, 0.2) is 0 Å². The van der Waals surface area contributed by atoms with E-state index in [9.17, 15) is 14.4 Å². The molecule has 0 saturated carbocycles. The maximum absolute atomic E-state index is 11.8. The SMILES string of the molecule is NC(=O)c1cccc(NC(=O)c2ccc(=O)[nH]n2)c1. The van der Waals surface area contributed by atoms with E-state index in [1.807, 2.05) is 0 Å². The lowest BCUT2D eigenvalue weighted by Crippen LogP contribution is -2.18. The lowest BCUT2D eigenvalue weighted by Gasteiger charge is -2.05. The third kappa shape index (κ3) is 3.03. The fourth-order valence-electron chi connectivity index (χ4n) is 1.42. The largest absolute Gasteiger partial charge is 0.366 e. The molecule has 2 amide bonds. The summed E-state index contributed by atoms with van der Waals surface area (Å²) >= 11 is 0. The summed E-state index contributed by atoms with van der Waals surface area (Å²) in [4.78, 5) is 33.6. The summed E-state index contributed by atoms with van der Waals surface area (Å²) in [6.45, 7) is 0. The number of carbonyl (C=O) groups excluding carboxylic acids is 2. The second-order valence-electron chi connectivity index (χ2n) is 3.71. The van der Waals surface area contributed by atoms with Gasteiger partial charge in [-0.05, 0) is 24.3 Å². The van der Waals surface area contributed by atoms with Gasteiger partial charge < -0.3 is 11.1 Å². The highest BCUT2D eigenvalue weighted by atomic mass is 16.2. The number of hydrogen-bond acceptors (Lipinski definition) is 4. The van der Waals surface area contributed by atoms with Crippen LogP contribution in [-0.4, -0.2) is 22.0 Å². The van der Waals surface area contributed by atoms with Gasteiger partial charge in [-0.3, -0.25) is 14.4 Å². The van der Waals surface area contributed by atoms with Crippen molar-refractivity contribution in [3.8, 4) is 0 Å². The van der Waals surface area contributed by atoms with E-state index in [-0.39, 0.29) is 11.3 Å². The Morgan fingerprint density at radius 2 is 2.00 bits per heavy atom. The Morgan fingerprint density at radius 3 is 2.63 bits per heavy atom. The summed E-state index contributed by atoms with van der Waals surface area (Å²) in [6, 6.07) is 8.68. The summed E-state index contributed by atoms with van der Waals surface area (Å²) in [5.74, 6) is -1.09. The molecular formula is C12H10N4O3. The zero-order valence-electron chi connectivity index (χ0n) is 9.71. The number of aromatic nitrogens is 2. The molecule has 2 aromatic rings. The maximum atomic E-state index is 11.8. The van der Waals surface area contributed by atoms with Gasteiger partial charge in [-0.15, -0.1) is 0 Å². The fourth-order valence-corrected chi connectivity index (χ4v) is 1.42. The summed E-state index contributed by atoms with van der Waals surface area (Å²) in [6.07, 6.45) is 0. The van der Waals surface area contributed by atoms with Crippen LogP contribution < -0.4 is 16.6 Å². The summed E-state index contributed by atoms with van der Waals surface area (Å²) < 4.78 is 0. The lowest BCUT2D eigenvalue weighted by atomic mass is 10.2. The van der Waals surface area contributed by atoms with E-state index in [1.54, 1.807) is 12.1 Å². The number of benzene rings is 1. The minimum atomic E-state index is -0.585. The first-order valence-corrected chi connectivity index (χ1v) is 5.33. The molecule has 1 aromatic carbocycles. The van der Waals surface area contributed by atoms with Crippen molar-refractivity contribution in [3.63, 3.8) is 0 Å². The number of anilines is 1. The Hall–Kier alpha value is -2.96. The number of nitrogens with one attached hydrogen (secondary N) is 2. The molecule has 4 N–H and O–H groups in total. The van der Waals surface area contributed by atoms with E-state index in [0.717, 1.165) is 0 Å². The molecule has 2 rings (SSSR count). The molecule has 0 saturated heterocycles. The van der Waals surface area contributed by atoms with E-state index in [0.29, 0.717) is 5.69 Å². The van der Waals surface area contributed by atoms with Crippen LogP contribution in [0.25, 0.3) is 0 Å². The molecule has 0 aliphatic rings. The average Bonchev–Trinajstić information content (AvgIpc) is 2.39. The Labute approximate surface area is 107 Å². The van der Waals surface area contributed by atoms with Gasteiger partial charge in [0.1, 0.15) is 5.69 Å². The van der Waals surface area contributed by atoms with Crippen molar-refractivity contribution in [2.45, 2.75) is 0 Å². The first-order valence-electron chi connectivity index (χ1n) is 5.33. The normalized spacial score (nSPS) is 9.89. The Balaban J connectivity index is 2.19. The van der Waals surface area contributed by atoms with E-state index in [4.69, 9.17) is 5.73 Å². The van der Waals surface area contributed by atoms with Crippen LogP contribution in [0.2, 0.25) is 0 Å². The number of rotatable bonds is 3. The molecule has 0 bridgehead atoms. The molecule has 1 aromatic heterocycles. The highest BCUT2D eigenvalue weighted by Crippen LogP contribution is 2.11. The van der Waals surface area contributed by atoms with Gasteiger partial charge in [-0.25, -0.2) is 5.10 Å². The summed E-state index contributed by atoms with van der Waals surface area (Å²) in [7, 11) is 0. The van der Waals surface area contributed by atoms with E-state index >= 15 is 0 Å². The number of aromatic amines is 1. The molecule has 0 spiro atoms. The Kier molecular flexibility index (Phi) is 3.37. The van der Waals surface area contributed by atoms with Crippen molar-refractivity contribution in [1.29, 1.82) is 0 Å². The van der Waals surface area contributed by atoms with Gasteiger partial charge in [0, 0.05) is 17.3 Å². The van der Waals surface area contributed by atoms with E-state index < -0.39 is 17.4 Å². The monoisotopic (exact) mass is 258 g/mol. The highest BCUT2D eigenvalue weighted by molar-refractivity contribution is 6.03. The predicted molar refractivity (Wildman–Crippen MR) is 67.8 cm³/mol. The van der Waals surface area contributed by atoms with Crippen LogP contribution in [0.1, 0.15) is 20.8 Å². The predicted octanol–water partition coefficient (Wildman–Crippen LogP) is 0.121. The van der Waals surface area contributed by atoms with Crippen LogP contribution in [-0.2, 0) is 0 Å². The second-order valence-corrected chi connectivity index (χ2v) is 3.71. The fraction of sp³-hybridized carbons (Fsp3) is 0. The number of nitrogens with zero attached hydrogens (tertiary/aromatic N) is 1. The van der Waals surface area contributed by atoms with Gasteiger partial charge in [0.2, 0.25) is 5.91 Å². The second kappa shape index (κ2) is 5.13. The van der Waals surface area contributed by atoms with E-state index in [1.165, 1.54) is 24.3 Å². The van der Waals surface area contributed by atoms with Gasteiger partial charge in [-0.2, -0.15) is 5.10 Å². The van der Waals surface area contributed by atoms with Crippen LogP contribution in [0, 0.1) is 0 Å². The molecule has 0 radical (unpaired) electrons. The molecule has 19 heavy (non-hydrogen) atoms. The molecule has 0 atom stereocenters. The highest BCUT2D eigenvalue weighted by Gasteiger charge is 2.08. The molecule has 7 heteroatoms. The number of primary amides is 1. The van der Waals surface area contributed by atoms with Crippen molar-refractivity contribution < 1.29 is 9.59 Å². The quantitative estimate of drug-likeness (QED) is 0.724. The molecule has 0 fully saturated rings. The number of carbonyl (C=O) groups is 2. The van der Waals surface area contributed by atoms with Gasteiger partial charge >= 0.3 is 0 Å². The molecule has 1 heterocycles. The van der Waals surface area contributed by atoms with Crippen molar-refractivity contribution in [2.24, 2.45) is 5.73 Å². The van der Waals surface area contributed by atoms with Crippen molar-refractivity contribution in [2.75, 3.05) is 5.32 Å². The topological polar surface area (TPSA) is 118 Å². The van der Waals surface area contributed by atoms with Crippen LogP contribution >= 0.6 is 0 Å². The third-order valence-corrected chi connectivity index (χ3v) is 2.32. The summed E-state index contributed by atoms with van der Waals surface area (Å²) in [5, 5.41) is 8.29. The molecule has 0 unspecified atom stereocenters.